The van der Waals surface area contributed by atoms with Crippen molar-refractivity contribution in [3.63, 3.8) is 0 Å². The number of carboxylic acids is 1. The number of carbonyl (C=O) groups is 1. The van der Waals surface area contributed by atoms with E-state index in [9.17, 15) is 15.2 Å². The fraction of sp³-hybridized carbons (Fsp3) is 0.261. The molecule has 1 unspecified atom stereocenters. The first-order valence-electron chi connectivity index (χ1n) is 9.79. The van der Waals surface area contributed by atoms with E-state index in [1.165, 1.54) is 0 Å². The Balaban J connectivity index is 2.26. The van der Waals surface area contributed by atoms with Crippen molar-refractivity contribution in [1.29, 1.82) is 5.26 Å². The number of anilines is 1. The molecule has 0 bridgehead atoms. The van der Waals surface area contributed by atoms with Crippen LogP contribution in [-0.2, 0) is 4.74 Å². The van der Waals surface area contributed by atoms with E-state index in [1.54, 1.807) is 43.5 Å². The lowest BCUT2D eigenvalue weighted by Gasteiger charge is -2.26. The Morgan fingerprint density at radius 2 is 2.03 bits per heavy atom. The highest BCUT2D eigenvalue weighted by Gasteiger charge is 2.31. The van der Waals surface area contributed by atoms with E-state index in [1.807, 2.05) is 24.5 Å². The Hall–Kier alpha value is -2.86. The summed E-state index contributed by atoms with van der Waals surface area (Å²) in [6.45, 7) is 4.22. The fourth-order valence-electron chi connectivity index (χ4n) is 3.55. The standard InChI is InChI=1S/C23H22BrClN4O3/c1-13-4-9-17(25)10-18(13)27-19(16-7-5-15(11-26)6-8-16)21-20(22(30)31)28-23(24)29(21)14(2)12-32-3/h4-10,14,19,27H,12H2,1-3H3,(H,30,31)/t14-,19?/m1/s1. The van der Waals surface area contributed by atoms with Crippen LogP contribution in [-0.4, -0.2) is 34.3 Å². The molecule has 2 N–H and O–H groups in total. The first-order chi connectivity index (χ1) is 15.3. The summed E-state index contributed by atoms with van der Waals surface area (Å²) in [5.74, 6) is -1.15. The summed E-state index contributed by atoms with van der Waals surface area (Å²) < 4.78 is 7.51. The predicted octanol–water partition coefficient (Wildman–Crippen LogP) is 5.59. The number of aryl methyl sites for hydroxylation is 1. The third-order valence-corrected chi connectivity index (χ3v) is 5.90. The molecule has 0 fully saturated rings. The SMILES string of the molecule is COC[C@@H](C)n1c(Br)nc(C(=O)O)c1C(Nc1cc(Cl)ccc1C)c1ccc(C#N)cc1. The quantitative estimate of drug-likeness (QED) is 0.404. The van der Waals surface area contributed by atoms with Gasteiger partial charge in [0.2, 0.25) is 0 Å². The molecule has 0 saturated heterocycles. The topological polar surface area (TPSA) is 100 Å². The molecule has 9 heteroatoms. The molecule has 2 aromatic carbocycles. The number of nitrogens with zero attached hydrogens (tertiary/aromatic N) is 3. The lowest BCUT2D eigenvalue weighted by molar-refractivity contribution is 0.0689. The molecule has 0 aliphatic heterocycles. The monoisotopic (exact) mass is 516 g/mol. The van der Waals surface area contributed by atoms with Crippen molar-refractivity contribution in [2.24, 2.45) is 0 Å². The summed E-state index contributed by atoms with van der Waals surface area (Å²) in [6, 6.07) is 13.8. The van der Waals surface area contributed by atoms with Crippen LogP contribution in [0, 0.1) is 18.3 Å². The van der Waals surface area contributed by atoms with Gasteiger partial charge in [-0.25, -0.2) is 9.78 Å². The van der Waals surface area contributed by atoms with E-state index in [2.05, 4.69) is 32.3 Å². The number of methoxy groups -OCH3 is 1. The average Bonchev–Trinajstić information content (AvgIpc) is 3.12. The smallest absolute Gasteiger partial charge is 0.356 e. The molecule has 7 nitrogen and oxygen atoms in total. The van der Waals surface area contributed by atoms with Gasteiger partial charge in [0.1, 0.15) is 0 Å². The number of ether oxygens (including phenoxy) is 1. The summed E-state index contributed by atoms with van der Waals surface area (Å²) in [4.78, 5) is 16.4. The van der Waals surface area contributed by atoms with Crippen LogP contribution in [0.5, 0.6) is 0 Å². The van der Waals surface area contributed by atoms with E-state index >= 15 is 0 Å². The van der Waals surface area contributed by atoms with Crippen molar-refractivity contribution >= 4 is 39.2 Å². The van der Waals surface area contributed by atoms with Gasteiger partial charge >= 0.3 is 5.97 Å². The highest BCUT2D eigenvalue weighted by Crippen LogP contribution is 2.35. The van der Waals surface area contributed by atoms with Crippen molar-refractivity contribution in [3.8, 4) is 6.07 Å². The number of hydrogen-bond donors (Lipinski definition) is 2. The molecule has 3 rings (SSSR count). The molecule has 3 aromatic rings. The van der Waals surface area contributed by atoms with Crippen LogP contribution in [0.15, 0.2) is 47.2 Å². The largest absolute Gasteiger partial charge is 0.476 e. The second kappa shape index (κ2) is 10.2. The highest BCUT2D eigenvalue weighted by atomic mass is 79.9. The lowest BCUT2D eigenvalue weighted by atomic mass is 9.99. The number of nitriles is 1. The molecule has 0 saturated carbocycles. The zero-order valence-corrected chi connectivity index (χ0v) is 20.1. The summed E-state index contributed by atoms with van der Waals surface area (Å²) in [5.41, 5.74) is 3.35. The van der Waals surface area contributed by atoms with Gasteiger partial charge in [-0.05, 0) is 65.2 Å². The van der Waals surface area contributed by atoms with Crippen molar-refractivity contribution in [2.45, 2.75) is 25.9 Å². The summed E-state index contributed by atoms with van der Waals surface area (Å²) in [7, 11) is 1.59. The Bertz CT molecular complexity index is 1170. The number of nitrogens with one attached hydrogen (secondary N) is 1. The van der Waals surface area contributed by atoms with Gasteiger partial charge < -0.3 is 19.7 Å². The van der Waals surface area contributed by atoms with Gasteiger partial charge in [0.25, 0.3) is 0 Å². The van der Waals surface area contributed by atoms with Crippen molar-refractivity contribution < 1.29 is 14.6 Å². The third-order valence-electron chi connectivity index (χ3n) is 5.10. The Morgan fingerprint density at radius 3 is 2.62 bits per heavy atom. The average molecular weight is 518 g/mol. The molecule has 166 valence electrons. The number of aromatic carboxylic acids is 1. The van der Waals surface area contributed by atoms with Gasteiger partial charge in [-0.1, -0.05) is 29.8 Å². The van der Waals surface area contributed by atoms with Crippen LogP contribution in [0.2, 0.25) is 5.02 Å². The molecule has 32 heavy (non-hydrogen) atoms. The minimum Gasteiger partial charge on any atom is -0.476 e. The van der Waals surface area contributed by atoms with Crippen LogP contribution in [0.25, 0.3) is 0 Å². The molecule has 0 aliphatic rings. The number of imidazole rings is 1. The van der Waals surface area contributed by atoms with Crippen molar-refractivity contribution in [1.82, 2.24) is 9.55 Å². The maximum Gasteiger partial charge on any atom is 0.356 e. The number of halogens is 2. The normalized spacial score (nSPS) is 12.8. The van der Waals surface area contributed by atoms with Crippen LogP contribution < -0.4 is 5.32 Å². The minimum atomic E-state index is -1.15. The van der Waals surface area contributed by atoms with E-state index in [0.29, 0.717) is 27.6 Å². The van der Waals surface area contributed by atoms with Crippen LogP contribution in [0.1, 0.15) is 51.9 Å². The number of aromatic nitrogens is 2. The molecule has 1 heterocycles. The molecule has 1 aromatic heterocycles. The molecular formula is C23H22BrClN4O3. The van der Waals surface area contributed by atoms with E-state index in [-0.39, 0.29) is 11.7 Å². The highest BCUT2D eigenvalue weighted by molar-refractivity contribution is 9.10. The third kappa shape index (κ3) is 4.96. The van der Waals surface area contributed by atoms with E-state index in [4.69, 9.17) is 16.3 Å². The van der Waals surface area contributed by atoms with Gasteiger partial charge in [-0.2, -0.15) is 5.26 Å². The molecule has 2 atom stereocenters. The molecule has 0 radical (unpaired) electrons. The van der Waals surface area contributed by atoms with Gasteiger partial charge in [0.15, 0.2) is 10.4 Å². The maximum atomic E-state index is 12.2. The van der Waals surface area contributed by atoms with Gasteiger partial charge in [0.05, 0.1) is 36.0 Å². The zero-order valence-electron chi connectivity index (χ0n) is 17.8. The number of carboxylic acid groups (broad SMARTS) is 1. The Kier molecular flexibility index (Phi) is 7.56. The molecule has 0 aliphatic carbocycles. The van der Waals surface area contributed by atoms with Crippen molar-refractivity contribution in [3.05, 3.63) is 80.3 Å². The predicted molar refractivity (Wildman–Crippen MR) is 126 cm³/mol. The number of hydrogen-bond acceptors (Lipinski definition) is 5. The van der Waals surface area contributed by atoms with Gasteiger partial charge in [-0.15, -0.1) is 0 Å². The maximum absolute atomic E-state index is 12.2. The van der Waals surface area contributed by atoms with Crippen molar-refractivity contribution in [2.75, 3.05) is 19.0 Å². The number of benzene rings is 2. The van der Waals surface area contributed by atoms with Gasteiger partial charge in [0, 0.05) is 17.8 Å². The molecular weight excluding hydrogens is 496 g/mol. The second-order valence-corrected chi connectivity index (χ2v) is 8.51. The fourth-order valence-corrected chi connectivity index (χ4v) is 4.44. The first kappa shape index (κ1) is 23.8. The number of rotatable bonds is 8. The minimum absolute atomic E-state index is 0.0821. The van der Waals surface area contributed by atoms with Crippen LogP contribution >= 0.6 is 27.5 Å². The van der Waals surface area contributed by atoms with E-state index < -0.39 is 12.0 Å². The first-order valence-corrected chi connectivity index (χ1v) is 11.0. The summed E-state index contributed by atoms with van der Waals surface area (Å²) in [5, 5.41) is 23.1. The van der Waals surface area contributed by atoms with Gasteiger partial charge in [-0.3, -0.25) is 0 Å². The summed E-state index contributed by atoms with van der Waals surface area (Å²) >= 11 is 9.65. The Labute approximate surface area is 199 Å². The summed E-state index contributed by atoms with van der Waals surface area (Å²) in [6.07, 6.45) is 0. The van der Waals surface area contributed by atoms with Crippen LogP contribution in [0.3, 0.4) is 0 Å². The molecule has 0 spiro atoms. The lowest BCUT2D eigenvalue weighted by Crippen LogP contribution is -2.23. The van der Waals surface area contributed by atoms with E-state index in [0.717, 1.165) is 16.8 Å². The molecule has 0 amide bonds. The Morgan fingerprint density at radius 1 is 1.34 bits per heavy atom. The second-order valence-electron chi connectivity index (χ2n) is 7.36. The van der Waals surface area contributed by atoms with Crippen LogP contribution in [0.4, 0.5) is 5.69 Å². The zero-order chi connectivity index (χ0) is 23.4.